The molecule has 0 atom stereocenters. The number of aromatic carboxylic acids is 1. The van der Waals surface area contributed by atoms with Crippen LogP contribution >= 0.6 is 11.6 Å². The van der Waals surface area contributed by atoms with Crippen molar-refractivity contribution in [2.45, 2.75) is 31.1 Å². The van der Waals surface area contributed by atoms with Gasteiger partial charge in [-0.15, -0.1) is 0 Å². The van der Waals surface area contributed by atoms with Gasteiger partial charge in [0.25, 0.3) is 0 Å². The smallest absolute Gasteiger partial charge is 0.354 e. The molecule has 1 aromatic carbocycles. The number of nitrogens with zero attached hydrogens (tertiary/aromatic N) is 2. The second kappa shape index (κ2) is 5.52. The normalized spacial score (nSPS) is 18.0. The van der Waals surface area contributed by atoms with Gasteiger partial charge in [-0.1, -0.05) is 24.4 Å². The van der Waals surface area contributed by atoms with Gasteiger partial charge in [0.2, 0.25) is 5.91 Å². The van der Waals surface area contributed by atoms with Crippen LogP contribution in [0.2, 0.25) is 5.02 Å². The first-order valence-corrected chi connectivity index (χ1v) is 8.36. The number of carboxylic acid groups (broad SMARTS) is 1. The van der Waals surface area contributed by atoms with Crippen molar-refractivity contribution < 1.29 is 19.1 Å². The molecule has 1 spiro atoms. The highest BCUT2D eigenvalue weighted by atomic mass is 35.5. The number of halogens is 2. The Balaban J connectivity index is 1.92. The first-order valence-electron chi connectivity index (χ1n) is 7.98. The molecule has 1 N–H and O–H groups in total. The zero-order chi connectivity index (χ0) is 17.8. The molecule has 7 heteroatoms. The summed E-state index contributed by atoms with van der Waals surface area (Å²) in [7, 11) is 0. The van der Waals surface area contributed by atoms with E-state index in [1.807, 2.05) is 0 Å². The predicted molar refractivity (Wildman–Crippen MR) is 89.9 cm³/mol. The first-order chi connectivity index (χ1) is 11.9. The predicted octanol–water partition coefficient (Wildman–Crippen LogP) is 4.06. The largest absolute Gasteiger partial charge is 0.477 e. The fourth-order valence-corrected chi connectivity index (χ4v) is 3.96. The number of hydrogen-bond donors (Lipinski definition) is 1. The summed E-state index contributed by atoms with van der Waals surface area (Å²) >= 11 is 5.74. The summed E-state index contributed by atoms with van der Waals surface area (Å²) in [5, 5.41) is 9.22. The van der Waals surface area contributed by atoms with Crippen molar-refractivity contribution in [3.05, 3.63) is 52.6 Å². The van der Waals surface area contributed by atoms with Gasteiger partial charge in [-0.25, -0.2) is 14.2 Å². The van der Waals surface area contributed by atoms with E-state index in [1.165, 1.54) is 23.1 Å². The lowest BCUT2D eigenvalue weighted by Crippen LogP contribution is -2.36. The molecule has 0 radical (unpaired) electrons. The number of carbonyl (C=O) groups excluding carboxylic acids is 1. The average Bonchev–Trinajstić information content (AvgIpc) is 3.16. The second-order valence-corrected chi connectivity index (χ2v) is 6.80. The van der Waals surface area contributed by atoms with E-state index in [0.29, 0.717) is 29.9 Å². The lowest BCUT2D eigenvalue weighted by molar-refractivity contribution is -0.122. The van der Waals surface area contributed by atoms with Gasteiger partial charge in [0.05, 0.1) is 27.5 Å². The van der Waals surface area contributed by atoms with Crippen LogP contribution in [0.15, 0.2) is 30.3 Å². The Hall–Kier alpha value is -2.47. The van der Waals surface area contributed by atoms with Crippen molar-refractivity contribution in [2.75, 3.05) is 4.90 Å². The third kappa shape index (κ3) is 2.24. The zero-order valence-electron chi connectivity index (χ0n) is 13.1. The Kier molecular flexibility index (Phi) is 3.54. The molecule has 2 aliphatic rings. The lowest BCUT2D eigenvalue weighted by atomic mass is 9.83. The van der Waals surface area contributed by atoms with Crippen LogP contribution in [0.25, 0.3) is 0 Å². The van der Waals surface area contributed by atoms with Gasteiger partial charge in [-0.3, -0.25) is 9.69 Å². The molecule has 4 rings (SSSR count). The van der Waals surface area contributed by atoms with E-state index in [-0.39, 0.29) is 16.6 Å². The molecule has 1 fully saturated rings. The Labute approximate surface area is 148 Å². The van der Waals surface area contributed by atoms with Crippen LogP contribution in [-0.2, 0) is 10.2 Å². The van der Waals surface area contributed by atoms with Crippen molar-refractivity contribution in [1.29, 1.82) is 0 Å². The molecular weight excluding hydrogens is 347 g/mol. The fraction of sp³-hybridized carbons (Fsp3) is 0.278. The Bertz CT molecular complexity index is 909. The van der Waals surface area contributed by atoms with E-state index < -0.39 is 17.2 Å². The Morgan fingerprint density at radius 1 is 1.24 bits per heavy atom. The summed E-state index contributed by atoms with van der Waals surface area (Å²) in [6.45, 7) is 0. The van der Waals surface area contributed by atoms with Crippen molar-refractivity contribution in [1.82, 2.24) is 4.98 Å². The maximum Gasteiger partial charge on any atom is 0.354 e. The molecule has 0 unspecified atom stereocenters. The van der Waals surface area contributed by atoms with Crippen LogP contribution in [-0.4, -0.2) is 22.0 Å². The number of aromatic nitrogens is 1. The van der Waals surface area contributed by atoms with Gasteiger partial charge in [-0.2, -0.15) is 0 Å². The van der Waals surface area contributed by atoms with Crippen LogP contribution in [0.4, 0.5) is 15.8 Å². The molecule has 0 saturated heterocycles. The number of pyridine rings is 1. The molecular formula is C18H14ClFN2O3. The zero-order valence-corrected chi connectivity index (χ0v) is 13.9. The van der Waals surface area contributed by atoms with Crippen LogP contribution in [0, 0.1) is 5.82 Å². The van der Waals surface area contributed by atoms with Crippen molar-refractivity contribution >= 4 is 34.9 Å². The fourth-order valence-electron chi connectivity index (χ4n) is 3.84. The highest BCUT2D eigenvalue weighted by molar-refractivity contribution is 6.30. The molecule has 1 saturated carbocycles. The molecule has 0 bridgehead atoms. The minimum atomic E-state index is -1.14. The van der Waals surface area contributed by atoms with Gasteiger partial charge < -0.3 is 5.11 Å². The molecule has 1 aliphatic carbocycles. The van der Waals surface area contributed by atoms with Gasteiger partial charge in [0.15, 0.2) is 0 Å². The number of amides is 1. The van der Waals surface area contributed by atoms with E-state index in [1.54, 1.807) is 12.1 Å². The summed E-state index contributed by atoms with van der Waals surface area (Å²) in [6.07, 6.45) is 2.96. The average molecular weight is 361 g/mol. The molecule has 5 nitrogen and oxygen atoms in total. The molecule has 1 amide bonds. The quantitative estimate of drug-likeness (QED) is 0.876. The van der Waals surface area contributed by atoms with E-state index in [2.05, 4.69) is 4.98 Å². The van der Waals surface area contributed by atoms with Crippen LogP contribution < -0.4 is 4.90 Å². The van der Waals surface area contributed by atoms with Gasteiger partial charge >= 0.3 is 5.97 Å². The van der Waals surface area contributed by atoms with E-state index in [0.717, 1.165) is 12.8 Å². The number of benzene rings is 1. The number of fused-ring (bicyclic) bond motifs is 2. The Morgan fingerprint density at radius 2 is 1.96 bits per heavy atom. The number of rotatable bonds is 2. The summed E-state index contributed by atoms with van der Waals surface area (Å²) < 4.78 is 13.9. The third-order valence-corrected chi connectivity index (χ3v) is 5.32. The third-order valence-electron chi connectivity index (χ3n) is 5.02. The summed E-state index contributed by atoms with van der Waals surface area (Å²) in [5.41, 5.74) is 0.435. The summed E-state index contributed by atoms with van der Waals surface area (Å²) in [5.74, 6) is -1.94. The number of carbonyl (C=O) groups is 2. The Morgan fingerprint density at radius 3 is 2.60 bits per heavy atom. The standard InChI is InChI=1S/C18H14ClFN2O3/c19-11-4-3-10(9-12(11)20)22-14-6-5-13(16(23)24)21-15(14)18(17(22)25)7-1-2-8-18/h3-6,9H,1-2,7-8H2,(H,23,24). The maximum absolute atomic E-state index is 13.9. The van der Waals surface area contributed by atoms with E-state index in [9.17, 15) is 19.1 Å². The first kappa shape index (κ1) is 16.0. The lowest BCUT2D eigenvalue weighted by Gasteiger charge is -2.23. The molecule has 1 aromatic heterocycles. The SMILES string of the molecule is O=C(O)c1ccc2c(n1)C1(CCCC1)C(=O)N2c1ccc(Cl)c(F)c1. The minimum absolute atomic E-state index is 0.0226. The van der Waals surface area contributed by atoms with Crippen LogP contribution in [0.5, 0.6) is 0 Å². The van der Waals surface area contributed by atoms with Gasteiger partial charge in [0, 0.05) is 0 Å². The van der Waals surface area contributed by atoms with Crippen LogP contribution in [0.1, 0.15) is 41.9 Å². The highest BCUT2D eigenvalue weighted by Crippen LogP contribution is 2.52. The number of anilines is 2. The van der Waals surface area contributed by atoms with Gasteiger partial charge in [0.1, 0.15) is 11.5 Å². The minimum Gasteiger partial charge on any atom is -0.477 e. The molecule has 25 heavy (non-hydrogen) atoms. The molecule has 2 heterocycles. The summed E-state index contributed by atoms with van der Waals surface area (Å²) in [4.78, 5) is 30.2. The number of hydrogen-bond acceptors (Lipinski definition) is 3. The maximum atomic E-state index is 13.9. The molecule has 2 aromatic rings. The van der Waals surface area contributed by atoms with E-state index >= 15 is 0 Å². The van der Waals surface area contributed by atoms with Gasteiger partial charge in [-0.05, 0) is 43.2 Å². The highest BCUT2D eigenvalue weighted by Gasteiger charge is 2.54. The van der Waals surface area contributed by atoms with Crippen molar-refractivity contribution in [3.8, 4) is 0 Å². The second-order valence-electron chi connectivity index (χ2n) is 6.40. The monoisotopic (exact) mass is 360 g/mol. The summed E-state index contributed by atoms with van der Waals surface area (Å²) in [6, 6.07) is 7.12. The van der Waals surface area contributed by atoms with E-state index in [4.69, 9.17) is 11.6 Å². The topological polar surface area (TPSA) is 70.5 Å². The van der Waals surface area contributed by atoms with Crippen molar-refractivity contribution in [3.63, 3.8) is 0 Å². The van der Waals surface area contributed by atoms with Crippen molar-refractivity contribution in [2.24, 2.45) is 0 Å². The molecule has 1 aliphatic heterocycles. The molecule has 128 valence electrons. The number of carboxylic acids is 1. The van der Waals surface area contributed by atoms with Crippen LogP contribution in [0.3, 0.4) is 0 Å².